The molecule has 0 aliphatic heterocycles. The molecule has 0 aromatic heterocycles. The molecule has 0 spiro atoms. The zero-order valence-corrected chi connectivity index (χ0v) is 16.4. The van der Waals surface area contributed by atoms with Gasteiger partial charge in [0.05, 0.1) is 11.6 Å². The number of anilines is 1. The minimum absolute atomic E-state index is 0.0544. The Labute approximate surface area is 171 Å². The van der Waals surface area contributed by atoms with Gasteiger partial charge in [-0.2, -0.15) is 5.26 Å². The van der Waals surface area contributed by atoms with Crippen molar-refractivity contribution in [3.63, 3.8) is 0 Å². The lowest BCUT2D eigenvalue weighted by atomic mass is 10.1. The highest BCUT2D eigenvalue weighted by Crippen LogP contribution is 2.25. The van der Waals surface area contributed by atoms with Crippen LogP contribution in [-0.4, -0.2) is 11.9 Å². The SMILES string of the molecule is CC(C)NC(=O)C(Nc1ccc(Oc2ccc(C#N)cc2)cc1)c1ccccc1. The quantitative estimate of drug-likeness (QED) is 0.598. The Morgan fingerprint density at radius 2 is 1.48 bits per heavy atom. The molecule has 1 atom stereocenters. The Morgan fingerprint density at radius 1 is 0.897 bits per heavy atom. The van der Waals surface area contributed by atoms with Crippen LogP contribution in [0.3, 0.4) is 0 Å². The van der Waals surface area contributed by atoms with Gasteiger partial charge < -0.3 is 15.4 Å². The van der Waals surface area contributed by atoms with E-state index in [0.717, 1.165) is 11.3 Å². The van der Waals surface area contributed by atoms with E-state index >= 15 is 0 Å². The van der Waals surface area contributed by atoms with E-state index in [0.29, 0.717) is 17.1 Å². The molecule has 3 aromatic rings. The highest BCUT2D eigenvalue weighted by molar-refractivity contribution is 5.86. The van der Waals surface area contributed by atoms with Crippen LogP contribution in [0, 0.1) is 11.3 Å². The number of hydrogen-bond acceptors (Lipinski definition) is 4. The summed E-state index contributed by atoms with van der Waals surface area (Å²) < 4.78 is 5.81. The molecule has 1 amide bonds. The molecule has 0 heterocycles. The Hall–Kier alpha value is -3.78. The van der Waals surface area contributed by atoms with Gasteiger partial charge in [0.15, 0.2) is 0 Å². The van der Waals surface area contributed by atoms with Crippen molar-refractivity contribution in [2.24, 2.45) is 0 Å². The molecule has 2 N–H and O–H groups in total. The van der Waals surface area contributed by atoms with Gasteiger partial charge in [-0.3, -0.25) is 4.79 Å². The fourth-order valence-electron chi connectivity index (χ4n) is 2.83. The highest BCUT2D eigenvalue weighted by atomic mass is 16.5. The number of amides is 1. The molecular weight excluding hydrogens is 362 g/mol. The molecule has 0 saturated carbocycles. The minimum atomic E-state index is -0.496. The monoisotopic (exact) mass is 385 g/mol. The zero-order chi connectivity index (χ0) is 20.6. The number of hydrogen-bond donors (Lipinski definition) is 2. The van der Waals surface area contributed by atoms with Crippen LogP contribution >= 0.6 is 0 Å². The Morgan fingerprint density at radius 3 is 2.03 bits per heavy atom. The first-order valence-corrected chi connectivity index (χ1v) is 9.45. The van der Waals surface area contributed by atoms with Crippen molar-refractivity contribution < 1.29 is 9.53 Å². The molecule has 3 rings (SSSR count). The van der Waals surface area contributed by atoms with Crippen molar-refractivity contribution in [3.05, 3.63) is 90.0 Å². The van der Waals surface area contributed by atoms with Gasteiger partial charge in [0.25, 0.3) is 0 Å². The lowest BCUT2D eigenvalue weighted by Gasteiger charge is -2.21. The maximum absolute atomic E-state index is 12.7. The average molecular weight is 385 g/mol. The minimum Gasteiger partial charge on any atom is -0.457 e. The normalized spacial score (nSPS) is 11.4. The summed E-state index contributed by atoms with van der Waals surface area (Å²) in [6.07, 6.45) is 0. The van der Waals surface area contributed by atoms with E-state index in [1.165, 1.54) is 0 Å². The van der Waals surface area contributed by atoms with Crippen LogP contribution in [0.5, 0.6) is 11.5 Å². The number of nitrogens with zero attached hydrogens (tertiary/aromatic N) is 1. The first-order chi connectivity index (χ1) is 14.0. The first-order valence-electron chi connectivity index (χ1n) is 9.45. The Bertz CT molecular complexity index is 975. The molecule has 3 aromatic carbocycles. The lowest BCUT2D eigenvalue weighted by Crippen LogP contribution is -2.37. The number of carbonyl (C=O) groups is 1. The molecule has 5 nitrogen and oxygen atoms in total. The summed E-state index contributed by atoms with van der Waals surface area (Å²) in [5.41, 5.74) is 2.29. The molecule has 5 heteroatoms. The van der Waals surface area contributed by atoms with E-state index in [1.54, 1.807) is 24.3 Å². The van der Waals surface area contributed by atoms with Crippen molar-refractivity contribution in [1.29, 1.82) is 5.26 Å². The van der Waals surface area contributed by atoms with Crippen LogP contribution in [0.2, 0.25) is 0 Å². The first kappa shape index (κ1) is 20.0. The molecule has 0 aliphatic carbocycles. The summed E-state index contributed by atoms with van der Waals surface area (Å²) in [5, 5.41) is 15.1. The van der Waals surface area contributed by atoms with Crippen LogP contribution < -0.4 is 15.4 Å². The third-order valence-electron chi connectivity index (χ3n) is 4.21. The largest absolute Gasteiger partial charge is 0.457 e. The number of benzene rings is 3. The van der Waals surface area contributed by atoms with Crippen molar-refractivity contribution in [2.75, 3.05) is 5.32 Å². The summed E-state index contributed by atoms with van der Waals surface area (Å²) in [6.45, 7) is 3.88. The van der Waals surface area contributed by atoms with Gasteiger partial charge in [-0.1, -0.05) is 30.3 Å². The fraction of sp³-hybridized carbons (Fsp3) is 0.167. The van der Waals surface area contributed by atoms with Gasteiger partial charge in [0, 0.05) is 11.7 Å². The van der Waals surface area contributed by atoms with Gasteiger partial charge in [-0.15, -0.1) is 0 Å². The molecule has 29 heavy (non-hydrogen) atoms. The summed E-state index contributed by atoms with van der Waals surface area (Å²) in [5.74, 6) is 1.25. The molecule has 0 fully saturated rings. The third kappa shape index (κ3) is 5.60. The van der Waals surface area contributed by atoms with Crippen LogP contribution in [0.15, 0.2) is 78.9 Å². The van der Waals surface area contributed by atoms with Crippen LogP contribution in [0.1, 0.15) is 31.0 Å². The average Bonchev–Trinajstić information content (AvgIpc) is 2.74. The Kier molecular flexibility index (Phi) is 6.49. The predicted molar refractivity (Wildman–Crippen MR) is 114 cm³/mol. The maximum Gasteiger partial charge on any atom is 0.247 e. The number of carbonyl (C=O) groups excluding carboxylic acids is 1. The van der Waals surface area contributed by atoms with E-state index in [-0.39, 0.29) is 11.9 Å². The molecule has 1 unspecified atom stereocenters. The van der Waals surface area contributed by atoms with Gasteiger partial charge in [0.2, 0.25) is 5.91 Å². The zero-order valence-electron chi connectivity index (χ0n) is 16.4. The van der Waals surface area contributed by atoms with Gasteiger partial charge in [-0.05, 0) is 67.9 Å². The number of rotatable bonds is 7. The molecular formula is C24H23N3O2. The molecule has 0 saturated heterocycles. The molecule has 0 aliphatic rings. The standard InChI is InChI=1S/C24H23N3O2/c1-17(2)26-24(28)23(19-6-4-3-5-7-19)27-20-10-14-22(15-11-20)29-21-12-8-18(16-25)9-13-21/h3-15,17,23,27H,1-2H3,(H,26,28). The lowest BCUT2D eigenvalue weighted by molar-refractivity contribution is -0.122. The summed E-state index contributed by atoms with van der Waals surface area (Å²) >= 11 is 0. The number of nitrogens with one attached hydrogen (secondary N) is 2. The summed E-state index contributed by atoms with van der Waals surface area (Å²) in [4.78, 5) is 12.7. The van der Waals surface area contributed by atoms with Crippen LogP contribution in [-0.2, 0) is 4.79 Å². The highest BCUT2D eigenvalue weighted by Gasteiger charge is 2.20. The van der Waals surface area contributed by atoms with Crippen molar-refractivity contribution >= 4 is 11.6 Å². The molecule has 0 bridgehead atoms. The third-order valence-corrected chi connectivity index (χ3v) is 4.21. The smallest absolute Gasteiger partial charge is 0.247 e. The maximum atomic E-state index is 12.7. The van der Waals surface area contributed by atoms with Gasteiger partial charge in [0.1, 0.15) is 17.5 Å². The van der Waals surface area contributed by atoms with Crippen molar-refractivity contribution in [1.82, 2.24) is 5.32 Å². The number of nitriles is 1. The van der Waals surface area contributed by atoms with Crippen LogP contribution in [0.4, 0.5) is 5.69 Å². The second-order valence-electron chi connectivity index (χ2n) is 6.91. The number of ether oxygens (including phenoxy) is 1. The van der Waals surface area contributed by atoms with E-state index in [2.05, 4.69) is 16.7 Å². The fourth-order valence-corrected chi connectivity index (χ4v) is 2.83. The molecule has 0 radical (unpaired) electrons. The van der Waals surface area contributed by atoms with Gasteiger partial charge in [-0.25, -0.2) is 0 Å². The van der Waals surface area contributed by atoms with Crippen LogP contribution in [0.25, 0.3) is 0 Å². The van der Waals surface area contributed by atoms with E-state index < -0.39 is 6.04 Å². The van der Waals surface area contributed by atoms with E-state index in [1.807, 2.05) is 68.4 Å². The second-order valence-corrected chi connectivity index (χ2v) is 6.91. The van der Waals surface area contributed by atoms with E-state index in [4.69, 9.17) is 10.00 Å². The van der Waals surface area contributed by atoms with Gasteiger partial charge >= 0.3 is 0 Å². The topological polar surface area (TPSA) is 74.2 Å². The predicted octanol–water partition coefficient (Wildman–Crippen LogP) is 5.03. The summed E-state index contributed by atoms with van der Waals surface area (Å²) in [6, 6.07) is 25.6. The van der Waals surface area contributed by atoms with Crippen molar-refractivity contribution in [2.45, 2.75) is 25.9 Å². The Balaban J connectivity index is 1.72. The van der Waals surface area contributed by atoms with E-state index in [9.17, 15) is 4.79 Å². The second kappa shape index (κ2) is 9.43. The molecule has 146 valence electrons. The van der Waals surface area contributed by atoms with Crippen molar-refractivity contribution in [3.8, 4) is 17.6 Å². The summed E-state index contributed by atoms with van der Waals surface area (Å²) in [7, 11) is 0.